The predicted molar refractivity (Wildman–Crippen MR) is 116 cm³/mol. The van der Waals surface area contributed by atoms with E-state index in [1.54, 1.807) is 36.4 Å². The predicted octanol–water partition coefficient (Wildman–Crippen LogP) is 3.97. The van der Waals surface area contributed by atoms with Crippen LogP contribution in [-0.2, 0) is 14.3 Å². The third kappa shape index (κ3) is 6.43. The van der Waals surface area contributed by atoms with E-state index >= 15 is 0 Å². The van der Waals surface area contributed by atoms with Crippen molar-refractivity contribution in [3.63, 3.8) is 0 Å². The van der Waals surface area contributed by atoms with Gasteiger partial charge in [0, 0.05) is 6.08 Å². The lowest BCUT2D eigenvalue weighted by Crippen LogP contribution is -2.28. The first kappa shape index (κ1) is 21.6. The molecule has 2 N–H and O–H groups in total. The SMILES string of the molecule is C[C@H](NC(=O)c1ccccc1NC(=O)COC(=O)/C=C/c1ccco1)c1ccccc1. The maximum atomic E-state index is 12.7. The highest BCUT2D eigenvalue weighted by molar-refractivity contribution is 6.04. The van der Waals surface area contributed by atoms with Gasteiger partial charge in [0.25, 0.3) is 11.8 Å². The molecular formula is C24H22N2O5. The van der Waals surface area contributed by atoms with Crippen LogP contribution in [0.5, 0.6) is 0 Å². The minimum atomic E-state index is -0.686. The van der Waals surface area contributed by atoms with Crippen LogP contribution >= 0.6 is 0 Å². The summed E-state index contributed by atoms with van der Waals surface area (Å²) in [4.78, 5) is 36.7. The topological polar surface area (TPSA) is 97.6 Å². The molecule has 1 aromatic heterocycles. The Hall–Kier alpha value is -4.13. The lowest BCUT2D eigenvalue weighted by atomic mass is 10.1. The summed E-state index contributed by atoms with van der Waals surface area (Å²) in [7, 11) is 0. The van der Waals surface area contributed by atoms with Crippen LogP contribution in [0.25, 0.3) is 6.08 Å². The molecule has 0 fully saturated rings. The van der Waals surface area contributed by atoms with E-state index in [4.69, 9.17) is 9.15 Å². The van der Waals surface area contributed by atoms with Crippen molar-refractivity contribution >= 4 is 29.5 Å². The van der Waals surface area contributed by atoms with E-state index in [1.165, 1.54) is 18.4 Å². The summed E-state index contributed by atoms with van der Waals surface area (Å²) >= 11 is 0. The van der Waals surface area contributed by atoms with E-state index in [0.717, 1.165) is 5.56 Å². The van der Waals surface area contributed by atoms with E-state index in [0.29, 0.717) is 17.0 Å². The van der Waals surface area contributed by atoms with Gasteiger partial charge in [-0.25, -0.2) is 4.79 Å². The normalized spacial score (nSPS) is 11.6. The third-order valence-electron chi connectivity index (χ3n) is 4.37. The van der Waals surface area contributed by atoms with Gasteiger partial charge in [-0.2, -0.15) is 0 Å². The summed E-state index contributed by atoms with van der Waals surface area (Å²) in [5, 5.41) is 5.52. The molecule has 1 atom stereocenters. The van der Waals surface area contributed by atoms with Crippen molar-refractivity contribution in [1.82, 2.24) is 5.32 Å². The highest BCUT2D eigenvalue weighted by Gasteiger charge is 2.16. The van der Waals surface area contributed by atoms with Crippen LogP contribution in [0.1, 0.15) is 34.6 Å². The first-order valence-electron chi connectivity index (χ1n) is 9.66. The van der Waals surface area contributed by atoms with Crippen molar-refractivity contribution < 1.29 is 23.5 Å². The first-order chi connectivity index (χ1) is 15.0. The van der Waals surface area contributed by atoms with Crippen LogP contribution in [0.4, 0.5) is 5.69 Å². The molecule has 2 amide bonds. The molecule has 0 bridgehead atoms. The van der Waals surface area contributed by atoms with Gasteiger partial charge in [0.1, 0.15) is 5.76 Å². The fourth-order valence-electron chi connectivity index (χ4n) is 2.80. The summed E-state index contributed by atoms with van der Waals surface area (Å²) in [6.07, 6.45) is 4.08. The van der Waals surface area contributed by atoms with Gasteiger partial charge in [0.05, 0.1) is 23.6 Å². The molecular weight excluding hydrogens is 396 g/mol. The Bertz CT molecular complexity index is 1060. The number of hydrogen-bond donors (Lipinski definition) is 2. The molecule has 0 aliphatic heterocycles. The van der Waals surface area contributed by atoms with E-state index in [2.05, 4.69) is 10.6 Å². The number of anilines is 1. The molecule has 3 rings (SSSR count). The van der Waals surface area contributed by atoms with Gasteiger partial charge < -0.3 is 19.8 Å². The monoisotopic (exact) mass is 418 g/mol. The smallest absolute Gasteiger partial charge is 0.331 e. The van der Waals surface area contributed by atoms with Crippen molar-refractivity contribution in [2.24, 2.45) is 0 Å². The molecule has 31 heavy (non-hydrogen) atoms. The number of nitrogens with one attached hydrogen (secondary N) is 2. The highest BCUT2D eigenvalue weighted by Crippen LogP contribution is 2.18. The van der Waals surface area contributed by atoms with Crippen molar-refractivity contribution in [1.29, 1.82) is 0 Å². The number of carbonyl (C=O) groups excluding carboxylic acids is 3. The lowest BCUT2D eigenvalue weighted by molar-refractivity contribution is -0.142. The number of rotatable bonds is 8. The third-order valence-corrected chi connectivity index (χ3v) is 4.37. The maximum absolute atomic E-state index is 12.7. The van der Waals surface area contributed by atoms with Crippen LogP contribution in [0.2, 0.25) is 0 Å². The molecule has 0 unspecified atom stereocenters. The Balaban J connectivity index is 1.56. The number of esters is 1. The second-order valence-corrected chi connectivity index (χ2v) is 6.66. The zero-order valence-electron chi connectivity index (χ0n) is 16.9. The minimum absolute atomic E-state index is 0.209. The van der Waals surface area contributed by atoms with Gasteiger partial charge in [0.2, 0.25) is 0 Å². The Morgan fingerprint density at radius 3 is 2.48 bits per heavy atom. The van der Waals surface area contributed by atoms with Gasteiger partial charge in [0.15, 0.2) is 6.61 Å². The molecule has 2 aromatic carbocycles. The fraction of sp³-hybridized carbons (Fsp3) is 0.125. The standard InChI is InChI=1S/C24H22N2O5/c1-17(18-8-3-2-4-9-18)25-24(29)20-11-5-6-12-21(20)26-22(27)16-31-23(28)14-13-19-10-7-15-30-19/h2-15,17H,16H2,1H3,(H,25,29)(H,26,27)/b14-13+/t17-/m0/s1. The molecule has 0 spiro atoms. The van der Waals surface area contributed by atoms with E-state index in [1.807, 2.05) is 37.3 Å². The van der Waals surface area contributed by atoms with Crippen LogP contribution < -0.4 is 10.6 Å². The maximum Gasteiger partial charge on any atom is 0.331 e. The van der Waals surface area contributed by atoms with Crippen molar-refractivity contribution in [3.8, 4) is 0 Å². The molecule has 3 aromatic rings. The van der Waals surface area contributed by atoms with E-state index in [9.17, 15) is 14.4 Å². The molecule has 1 heterocycles. The summed E-state index contributed by atoms with van der Waals surface area (Å²) in [6, 6.07) is 19.3. The molecule has 0 saturated carbocycles. The molecule has 0 radical (unpaired) electrons. The molecule has 0 saturated heterocycles. The minimum Gasteiger partial charge on any atom is -0.465 e. The summed E-state index contributed by atoms with van der Waals surface area (Å²) < 4.78 is 9.98. The van der Waals surface area contributed by atoms with Crippen LogP contribution in [0.3, 0.4) is 0 Å². The van der Waals surface area contributed by atoms with Crippen LogP contribution in [0.15, 0.2) is 83.5 Å². The van der Waals surface area contributed by atoms with Gasteiger partial charge in [-0.15, -0.1) is 0 Å². The number of furan rings is 1. The highest BCUT2D eigenvalue weighted by atomic mass is 16.5. The average molecular weight is 418 g/mol. The van der Waals surface area contributed by atoms with Gasteiger partial charge >= 0.3 is 5.97 Å². The van der Waals surface area contributed by atoms with Gasteiger partial charge in [-0.05, 0) is 42.8 Å². The second-order valence-electron chi connectivity index (χ2n) is 6.66. The quantitative estimate of drug-likeness (QED) is 0.426. The van der Waals surface area contributed by atoms with Crippen molar-refractivity contribution in [2.75, 3.05) is 11.9 Å². The van der Waals surface area contributed by atoms with E-state index in [-0.39, 0.29) is 11.9 Å². The molecule has 158 valence electrons. The zero-order valence-corrected chi connectivity index (χ0v) is 16.9. The second kappa shape index (κ2) is 10.6. The van der Waals surface area contributed by atoms with E-state index < -0.39 is 18.5 Å². The molecule has 7 nitrogen and oxygen atoms in total. The molecule has 7 heteroatoms. The number of benzene rings is 2. The number of ether oxygens (including phenoxy) is 1. The molecule has 0 aliphatic carbocycles. The van der Waals surface area contributed by atoms with Crippen LogP contribution in [0, 0.1) is 0 Å². The first-order valence-corrected chi connectivity index (χ1v) is 9.66. The Labute approximate surface area is 179 Å². The number of hydrogen-bond acceptors (Lipinski definition) is 5. The zero-order chi connectivity index (χ0) is 22.1. The van der Waals surface area contributed by atoms with Gasteiger partial charge in [-0.3, -0.25) is 9.59 Å². The van der Waals surface area contributed by atoms with Crippen LogP contribution in [-0.4, -0.2) is 24.4 Å². The summed E-state index contributed by atoms with van der Waals surface area (Å²) in [5.41, 5.74) is 1.60. The average Bonchev–Trinajstić information content (AvgIpc) is 3.31. The Kier molecular flexibility index (Phi) is 7.37. The Morgan fingerprint density at radius 2 is 1.74 bits per heavy atom. The number of carbonyl (C=O) groups is 3. The van der Waals surface area contributed by atoms with Crippen molar-refractivity contribution in [3.05, 3.63) is 96.0 Å². The number of amides is 2. The number of para-hydroxylation sites is 1. The molecule has 0 aliphatic rings. The lowest BCUT2D eigenvalue weighted by Gasteiger charge is -2.16. The fourth-order valence-corrected chi connectivity index (χ4v) is 2.80. The Morgan fingerprint density at radius 1 is 1.00 bits per heavy atom. The summed E-state index contributed by atoms with van der Waals surface area (Å²) in [6.45, 7) is 1.39. The van der Waals surface area contributed by atoms with Gasteiger partial charge in [-0.1, -0.05) is 42.5 Å². The van der Waals surface area contributed by atoms with Crippen molar-refractivity contribution in [2.45, 2.75) is 13.0 Å². The largest absolute Gasteiger partial charge is 0.465 e. The summed E-state index contributed by atoms with van der Waals surface area (Å²) in [5.74, 6) is -1.08.